The first-order valence-electron chi connectivity index (χ1n) is 5.61. The summed E-state index contributed by atoms with van der Waals surface area (Å²) in [4.78, 5) is 13.8. The van der Waals surface area contributed by atoms with Gasteiger partial charge in [0.2, 0.25) is 0 Å². The van der Waals surface area contributed by atoms with Crippen molar-refractivity contribution in [3.8, 4) is 0 Å². The standard InChI is InChI=1S/C12H17NO3/c1-8-4-6-16-11(8)12(15)13-5-3-10(14)9(2)7-13/h4,6,9-10,14H,3,5,7H2,1-2H3. The van der Waals surface area contributed by atoms with Crippen LogP contribution in [-0.2, 0) is 0 Å². The highest BCUT2D eigenvalue weighted by molar-refractivity contribution is 5.92. The van der Waals surface area contributed by atoms with E-state index in [0.717, 1.165) is 5.56 Å². The van der Waals surface area contributed by atoms with Crippen molar-refractivity contribution < 1.29 is 14.3 Å². The zero-order valence-corrected chi connectivity index (χ0v) is 9.64. The Morgan fingerprint density at radius 2 is 2.38 bits per heavy atom. The number of nitrogens with zero attached hydrogens (tertiary/aromatic N) is 1. The van der Waals surface area contributed by atoms with Crippen LogP contribution in [0, 0.1) is 12.8 Å². The molecule has 0 aliphatic carbocycles. The van der Waals surface area contributed by atoms with E-state index in [2.05, 4.69) is 0 Å². The Morgan fingerprint density at radius 1 is 1.62 bits per heavy atom. The molecule has 1 amide bonds. The number of carbonyl (C=O) groups excluding carboxylic acids is 1. The molecule has 2 rings (SSSR count). The van der Waals surface area contributed by atoms with Crippen LogP contribution in [0.5, 0.6) is 0 Å². The van der Waals surface area contributed by atoms with Gasteiger partial charge in [-0.05, 0) is 25.3 Å². The monoisotopic (exact) mass is 223 g/mol. The number of amides is 1. The summed E-state index contributed by atoms with van der Waals surface area (Å²) in [6, 6.07) is 1.79. The molecule has 0 spiro atoms. The van der Waals surface area contributed by atoms with E-state index in [4.69, 9.17) is 4.42 Å². The van der Waals surface area contributed by atoms with E-state index in [1.54, 1.807) is 11.0 Å². The molecule has 1 aromatic heterocycles. The van der Waals surface area contributed by atoms with E-state index in [9.17, 15) is 9.90 Å². The molecular weight excluding hydrogens is 206 g/mol. The third kappa shape index (κ3) is 1.97. The third-order valence-corrected chi connectivity index (χ3v) is 3.20. The van der Waals surface area contributed by atoms with E-state index in [-0.39, 0.29) is 17.9 Å². The van der Waals surface area contributed by atoms with Crippen LogP contribution in [0.3, 0.4) is 0 Å². The Hall–Kier alpha value is -1.29. The molecule has 1 aliphatic rings. The number of rotatable bonds is 1. The topological polar surface area (TPSA) is 53.7 Å². The summed E-state index contributed by atoms with van der Waals surface area (Å²) in [6.45, 7) is 5.02. The summed E-state index contributed by atoms with van der Waals surface area (Å²) in [7, 11) is 0. The summed E-state index contributed by atoms with van der Waals surface area (Å²) in [6.07, 6.45) is 1.89. The lowest BCUT2D eigenvalue weighted by molar-refractivity contribution is 0.0279. The molecule has 2 atom stereocenters. The summed E-state index contributed by atoms with van der Waals surface area (Å²) in [5.74, 6) is 0.484. The molecule has 0 radical (unpaired) electrons. The van der Waals surface area contributed by atoms with Crippen LogP contribution in [0.2, 0.25) is 0 Å². The minimum atomic E-state index is -0.290. The van der Waals surface area contributed by atoms with Crippen LogP contribution in [-0.4, -0.2) is 35.1 Å². The molecule has 16 heavy (non-hydrogen) atoms. The van der Waals surface area contributed by atoms with Gasteiger partial charge in [0.15, 0.2) is 5.76 Å². The zero-order chi connectivity index (χ0) is 11.7. The van der Waals surface area contributed by atoms with E-state index in [1.165, 1.54) is 6.26 Å². The molecule has 0 aromatic carbocycles. The fourth-order valence-electron chi connectivity index (χ4n) is 2.05. The normalized spacial score (nSPS) is 25.8. The number of aryl methyl sites for hydroxylation is 1. The Morgan fingerprint density at radius 3 is 2.94 bits per heavy atom. The second kappa shape index (κ2) is 4.29. The van der Waals surface area contributed by atoms with Gasteiger partial charge in [-0.1, -0.05) is 6.92 Å². The van der Waals surface area contributed by atoms with Crippen LogP contribution < -0.4 is 0 Å². The summed E-state index contributed by atoms with van der Waals surface area (Å²) < 4.78 is 5.19. The first-order chi connectivity index (χ1) is 7.59. The Bertz CT molecular complexity index is 385. The molecule has 1 N–H and O–H groups in total. The van der Waals surface area contributed by atoms with Gasteiger partial charge in [0, 0.05) is 18.7 Å². The Balaban J connectivity index is 2.09. The molecule has 1 aromatic rings. The predicted octanol–water partition coefficient (Wildman–Crippen LogP) is 1.43. The average molecular weight is 223 g/mol. The van der Waals surface area contributed by atoms with Gasteiger partial charge < -0.3 is 14.4 Å². The van der Waals surface area contributed by atoms with Gasteiger partial charge in [0.05, 0.1) is 12.4 Å². The first kappa shape index (κ1) is 11.2. The van der Waals surface area contributed by atoms with Crippen LogP contribution in [0.1, 0.15) is 29.5 Å². The maximum atomic E-state index is 12.1. The number of likely N-dealkylation sites (tertiary alicyclic amines) is 1. The highest BCUT2D eigenvalue weighted by Gasteiger charge is 2.29. The summed E-state index contributed by atoms with van der Waals surface area (Å²) in [5, 5.41) is 9.60. The van der Waals surface area contributed by atoms with Crippen LogP contribution >= 0.6 is 0 Å². The van der Waals surface area contributed by atoms with E-state index < -0.39 is 0 Å². The molecule has 4 nitrogen and oxygen atoms in total. The minimum absolute atomic E-state index is 0.0683. The molecule has 0 bridgehead atoms. The van der Waals surface area contributed by atoms with Crippen molar-refractivity contribution in [2.45, 2.75) is 26.4 Å². The molecule has 88 valence electrons. The van der Waals surface area contributed by atoms with Gasteiger partial charge in [-0.2, -0.15) is 0 Å². The number of piperidine rings is 1. The maximum absolute atomic E-state index is 12.1. The molecule has 0 saturated carbocycles. The Labute approximate surface area is 94.9 Å². The lowest BCUT2D eigenvalue weighted by atomic mass is 9.96. The first-order valence-corrected chi connectivity index (χ1v) is 5.61. The third-order valence-electron chi connectivity index (χ3n) is 3.20. The molecule has 2 unspecified atom stereocenters. The number of aliphatic hydroxyl groups is 1. The van der Waals surface area contributed by atoms with Gasteiger partial charge in [-0.15, -0.1) is 0 Å². The van der Waals surface area contributed by atoms with Crippen molar-refractivity contribution in [2.75, 3.05) is 13.1 Å². The average Bonchev–Trinajstić information content (AvgIpc) is 2.67. The fourth-order valence-corrected chi connectivity index (χ4v) is 2.05. The molecule has 1 aliphatic heterocycles. The van der Waals surface area contributed by atoms with E-state index in [0.29, 0.717) is 25.3 Å². The lowest BCUT2D eigenvalue weighted by Crippen LogP contribution is -2.45. The second-order valence-electron chi connectivity index (χ2n) is 4.52. The number of carbonyl (C=O) groups is 1. The molecular formula is C12H17NO3. The summed E-state index contributed by atoms with van der Waals surface area (Å²) >= 11 is 0. The highest BCUT2D eigenvalue weighted by atomic mass is 16.3. The fraction of sp³-hybridized carbons (Fsp3) is 0.583. The van der Waals surface area contributed by atoms with E-state index in [1.807, 2.05) is 13.8 Å². The van der Waals surface area contributed by atoms with Crippen LogP contribution in [0.25, 0.3) is 0 Å². The maximum Gasteiger partial charge on any atom is 0.289 e. The SMILES string of the molecule is Cc1ccoc1C(=O)N1CCC(O)C(C)C1. The van der Waals surface area contributed by atoms with Crippen molar-refractivity contribution in [3.63, 3.8) is 0 Å². The minimum Gasteiger partial charge on any atom is -0.459 e. The van der Waals surface area contributed by atoms with Gasteiger partial charge in [-0.3, -0.25) is 4.79 Å². The van der Waals surface area contributed by atoms with Crippen molar-refractivity contribution in [2.24, 2.45) is 5.92 Å². The number of hydrogen-bond donors (Lipinski definition) is 1. The van der Waals surface area contributed by atoms with Crippen molar-refractivity contribution in [3.05, 3.63) is 23.7 Å². The summed E-state index contributed by atoms with van der Waals surface area (Å²) in [5.41, 5.74) is 0.865. The largest absolute Gasteiger partial charge is 0.459 e. The Kier molecular flexibility index (Phi) is 3.01. The van der Waals surface area contributed by atoms with Crippen molar-refractivity contribution in [1.82, 2.24) is 4.90 Å². The van der Waals surface area contributed by atoms with Crippen molar-refractivity contribution >= 4 is 5.91 Å². The molecule has 1 fully saturated rings. The van der Waals surface area contributed by atoms with Gasteiger partial charge >= 0.3 is 0 Å². The van der Waals surface area contributed by atoms with Gasteiger partial charge in [-0.25, -0.2) is 0 Å². The molecule has 1 saturated heterocycles. The smallest absolute Gasteiger partial charge is 0.289 e. The van der Waals surface area contributed by atoms with Crippen LogP contribution in [0.15, 0.2) is 16.7 Å². The highest BCUT2D eigenvalue weighted by Crippen LogP contribution is 2.20. The molecule has 2 heterocycles. The predicted molar refractivity (Wildman–Crippen MR) is 59.1 cm³/mol. The second-order valence-corrected chi connectivity index (χ2v) is 4.52. The number of aliphatic hydroxyl groups excluding tert-OH is 1. The van der Waals surface area contributed by atoms with Gasteiger partial charge in [0.25, 0.3) is 5.91 Å². The quantitative estimate of drug-likeness (QED) is 0.783. The zero-order valence-electron chi connectivity index (χ0n) is 9.64. The van der Waals surface area contributed by atoms with Gasteiger partial charge in [0.1, 0.15) is 0 Å². The number of furan rings is 1. The van der Waals surface area contributed by atoms with E-state index >= 15 is 0 Å². The molecule has 4 heteroatoms. The number of hydrogen-bond acceptors (Lipinski definition) is 3. The van der Waals surface area contributed by atoms with Crippen LogP contribution in [0.4, 0.5) is 0 Å². The van der Waals surface area contributed by atoms with Crippen molar-refractivity contribution in [1.29, 1.82) is 0 Å². The lowest BCUT2D eigenvalue weighted by Gasteiger charge is -2.33.